The molecule has 18 heavy (non-hydrogen) atoms. The van der Waals surface area contributed by atoms with Gasteiger partial charge in [-0.15, -0.1) is 11.3 Å². The van der Waals surface area contributed by atoms with Crippen molar-refractivity contribution in [2.24, 2.45) is 5.92 Å². The number of halogens is 1. The van der Waals surface area contributed by atoms with E-state index in [0.29, 0.717) is 6.04 Å². The summed E-state index contributed by atoms with van der Waals surface area (Å²) in [6.07, 6.45) is 2.64. The molecule has 1 N–H and O–H groups in total. The van der Waals surface area contributed by atoms with E-state index >= 15 is 0 Å². The molecule has 1 aliphatic carbocycles. The third-order valence-corrected chi connectivity index (χ3v) is 4.66. The largest absolute Gasteiger partial charge is 0.312 e. The lowest BCUT2D eigenvalue weighted by Crippen LogP contribution is -2.16. The van der Waals surface area contributed by atoms with E-state index in [-0.39, 0.29) is 5.82 Å². The lowest BCUT2D eigenvalue weighted by molar-refractivity contribution is 0.537. The Balaban J connectivity index is 1.88. The van der Waals surface area contributed by atoms with Crippen molar-refractivity contribution >= 4 is 11.3 Å². The van der Waals surface area contributed by atoms with Gasteiger partial charge in [-0.05, 0) is 55.6 Å². The summed E-state index contributed by atoms with van der Waals surface area (Å²) in [5, 5.41) is 3.39. The first-order valence-electron chi connectivity index (χ1n) is 6.31. The van der Waals surface area contributed by atoms with Crippen LogP contribution in [0.2, 0.25) is 0 Å². The van der Waals surface area contributed by atoms with Gasteiger partial charge in [-0.2, -0.15) is 0 Å². The molecule has 1 nitrogen and oxygen atoms in total. The monoisotopic (exact) mass is 261 g/mol. The second-order valence-corrected chi connectivity index (χ2v) is 5.93. The summed E-state index contributed by atoms with van der Waals surface area (Å²) in [5.41, 5.74) is 0.969. The number of rotatable bonds is 4. The molecule has 3 rings (SSSR count). The Bertz CT molecular complexity index is 545. The fourth-order valence-electron chi connectivity index (χ4n) is 2.36. The maximum atomic E-state index is 13.2. The molecular weight excluding hydrogens is 245 g/mol. The highest BCUT2D eigenvalue weighted by Gasteiger charge is 2.32. The lowest BCUT2D eigenvalue weighted by atomic mass is 10.1. The van der Waals surface area contributed by atoms with Gasteiger partial charge >= 0.3 is 0 Å². The SMILES string of the molecule is CNC(c1ccc(-c2cccc(F)c2)s1)C1CC1. The minimum atomic E-state index is -0.171. The molecule has 0 bridgehead atoms. The van der Waals surface area contributed by atoms with E-state index in [9.17, 15) is 4.39 Å². The lowest BCUT2D eigenvalue weighted by Gasteiger charge is -2.12. The summed E-state index contributed by atoms with van der Waals surface area (Å²) in [5.74, 6) is 0.615. The van der Waals surface area contributed by atoms with E-state index in [1.54, 1.807) is 23.5 Å². The number of hydrogen-bond donors (Lipinski definition) is 1. The summed E-state index contributed by atoms with van der Waals surface area (Å²) in [6, 6.07) is 11.5. The molecule has 1 unspecified atom stereocenters. The fourth-order valence-corrected chi connectivity index (χ4v) is 3.56. The van der Waals surface area contributed by atoms with Crippen molar-refractivity contribution in [3.8, 4) is 10.4 Å². The van der Waals surface area contributed by atoms with Gasteiger partial charge in [0.2, 0.25) is 0 Å². The predicted octanol–water partition coefficient (Wildman–Crippen LogP) is 4.22. The second-order valence-electron chi connectivity index (χ2n) is 4.82. The van der Waals surface area contributed by atoms with Crippen molar-refractivity contribution < 1.29 is 4.39 Å². The Hall–Kier alpha value is -1.19. The standard InChI is InChI=1S/C15H16FNS/c1-17-15(10-5-6-10)14-8-7-13(18-14)11-3-2-4-12(16)9-11/h2-4,7-10,15,17H,5-6H2,1H3. The highest BCUT2D eigenvalue weighted by atomic mass is 32.1. The normalized spacial score (nSPS) is 16.8. The highest BCUT2D eigenvalue weighted by molar-refractivity contribution is 7.15. The van der Waals surface area contributed by atoms with Gasteiger partial charge in [0.15, 0.2) is 0 Å². The zero-order valence-electron chi connectivity index (χ0n) is 10.3. The van der Waals surface area contributed by atoms with Gasteiger partial charge in [-0.25, -0.2) is 4.39 Å². The van der Waals surface area contributed by atoms with Crippen LogP contribution in [0.3, 0.4) is 0 Å². The van der Waals surface area contributed by atoms with E-state index < -0.39 is 0 Å². The molecule has 0 saturated heterocycles. The molecule has 1 heterocycles. The molecule has 2 aromatic rings. The van der Waals surface area contributed by atoms with Crippen LogP contribution in [0.15, 0.2) is 36.4 Å². The van der Waals surface area contributed by atoms with Gasteiger partial charge in [0.25, 0.3) is 0 Å². The number of benzene rings is 1. The molecule has 0 radical (unpaired) electrons. The number of hydrogen-bond acceptors (Lipinski definition) is 2. The molecule has 0 amide bonds. The van der Waals surface area contributed by atoms with Gasteiger partial charge in [0.05, 0.1) is 0 Å². The average Bonchev–Trinajstić information content (AvgIpc) is 3.07. The van der Waals surface area contributed by atoms with Crippen LogP contribution in [0.1, 0.15) is 23.8 Å². The molecule has 1 atom stereocenters. The van der Waals surface area contributed by atoms with Crippen LogP contribution in [0, 0.1) is 11.7 Å². The van der Waals surface area contributed by atoms with E-state index in [4.69, 9.17) is 0 Å². The zero-order valence-corrected chi connectivity index (χ0v) is 11.1. The fraction of sp³-hybridized carbons (Fsp3) is 0.333. The Kier molecular flexibility index (Phi) is 3.18. The van der Waals surface area contributed by atoms with E-state index in [1.807, 2.05) is 13.1 Å². The third-order valence-electron chi connectivity index (χ3n) is 3.45. The molecular formula is C15H16FNS. The molecule has 1 saturated carbocycles. The predicted molar refractivity (Wildman–Crippen MR) is 74.2 cm³/mol. The minimum absolute atomic E-state index is 0.171. The highest BCUT2D eigenvalue weighted by Crippen LogP contribution is 2.44. The third kappa shape index (κ3) is 2.33. The summed E-state index contributed by atoms with van der Waals surface area (Å²) in [6.45, 7) is 0. The Morgan fingerprint density at radius 3 is 2.78 bits per heavy atom. The number of thiophene rings is 1. The molecule has 94 valence electrons. The van der Waals surface area contributed by atoms with Gasteiger partial charge in [0.1, 0.15) is 5.82 Å². The quantitative estimate of drug-likeness (QED) is 0.868. The first-order valence-corrected chi connectivity index (χ1v) is 7.12. The molecule has 1 aliphatic rings. The van der Waals surface area contributed by atoms with E-state index in [0.717, 1.165) is 16.4 Å². The minimum Gasteiger partial charge on any atom is -0.312 e. The summed E-state index contributed by atoms with van der Waals surface area (Å²) < 4.78 is 13.2. The van der Waals surface area contributed by atoms with Crippen LogP contribution in [0.25, 0.3) is 10.4 Å². The van der Waals surface area contributed by atoms with Crippen molar-refractivity contribution in [3.05, 3.63) is 47.1 Å². The van der Waals surface area contributed by atoms with Crippen molar-refractivity contribution in [2.45, 2.75) is 18.9 Å². The van der Waals surface area contributed by atoms with Crippen molar-refractivity contribution in [1.29, 1.82) is 0 Å². The van der Waals surface area contributed by atoms with E-state index in [1.165, 1.54) is 23.8 Å². The van der Waals surface area contributed by atoms with Crippen molar-refractivity contribution in [3.63, 3.8) is 0 Å². The Morgan fingerprint density at radius 1 is 1.28 bits per heavy atom. The van der Waals surface area contributed by atoms with Crippen LogP contribution < -0.4 is 5.32 Å². The maximum absolute atomic E-state index is 13.2. The van der Waals surface area contributed by atoms with Crippen LogP contribution in [0.4, 0.5) is 4.39 Å². The first kappa shape index (κ1) is 11.9. The molecule has 3 heteroatoms. The van der Waals surface area contributed by atoms with Crippen LogP contribution >= 0.6 is 11.3 Å². The summed E-state index contributed by atoms with van der Waals surface area (Å²) in [7, 11) is 2.02. The molecule has 1 fully saturated rings. The zero-order chi connectivity index (χ0) is 12.5. The van der Waals surface area contributed by atoms with Gasteiger partial charge in [-0.1, -0.05) is 12.1 Å². The topological polar surface area (TPSA) is 12.0 Å². The molecule has 1 aromatic heterocycles. The van der Waals surface area contributed by atoms with Crippen LogP contribution in [-0.4, -0.2) is 7.05 Å². The second kappa shape index (κ2) is 4.82. The summed E-state index contributed by atoms with van der Waals surface area (Å²) in [4.78, 5) is 2.50. The molecule has 0 aliphatic heterocycles. The Morgan fingerprint density at radius 2 is 2.11 bits per heavy atom. The van der Waals surface area contributed by atoms with Crippen molar-refractivity contribution in [2.75, 3.05) is 7.05 Å². The average molecular weight is 261 g/mol. The first-order chi connectivity index (χ1) is 8.78. The number of nitrogens with one attached hydrogen (secondary N) is 1. The van der Waals surface area contributed by atoms with Gasteiger partial charge in [-0.3, -0.25) is 0 Å². The Labute approximate surface area is 111 Å². The summed E-state index contributed by atoms with van der Waals surface area (Å²) >= 11 is 1.77. The smallest absolute Gasteiger partial charge is 0.123 e. The maximum Gasteiger partial charge on any atom is 0.123 e. The molecule has 0 spiro atoms. The van der Waals surface area contributed by atoms with E-state index in [2.05, 4.69) is 17.4 Å². The van der Waals surface area contributed by atoms with Crippen LogP contribution in [0.5, 0.6) is 0 Å². The van der Waals surface area contributed by atoms with Crippen LogP contribution in [-0.2, 0) is 0 Å². The van der Waals surface area contributed by atoms with Crippen molar-refractivity contribution in [1.82, 2.24) is 5.32 Å². The molecule has 1 aromatic carbocycles. The van der Waals surface area contributed by atoms with Gasteiger partial charge < -0.3 is 5.32 Å². The van der Waals surface area contributed by atoms with Gasteiger partial charge in [0, 0.05) is 15.8 Å².